The lowest BCUT2D eigenvalue weighted by atomic mass is 10.0. The molecule has 1 aromatic heterocycles. The second-order valence-electron chi connectivity index (χ2n) is 3.23. The van der Waals surface area contributed by atoms with Gasteiger partial charge in [-0.25, -0.2) is 0 Å². The number of hydrogen-bond acceptors (Lipinski definition) is 2. The third kappa shape index (κ3) is 3.55. The van der Waals surface area contributed by atoms with Crippen molar-refractivity contribution in [2.45, 2.75) is 40.2 Å². The first kappa shape index (κ1) is 12.1. The second kappa shape index (κ2) is 4.97. The molecular weight excluding hydrogens is 162 g/mol. The van der Waals surface area contributed by atoms with Crippen LogP contribution >= 0.6 is 0 Å². The Labute approximate surface area is 80.6 Å². The molecule has 2 heteroatoms. The van der Waals surface area contributed by atoms with Gasteiger partial charge in [0.25, 0.3) is 0 Å². The van der Waals surface area contributed by atoms with Gasteiger partial charge in [0.15, 0.2) is 0 Å². The molecule has 13 heavy (non-hydrogen) atoms. The molecule has 1 heterocycles. The van der Waals surface area contributed by atoms with Crippen LogP contribution in [0, 0.1) is 6.92 Å². The van der Waals surface area contributed by atoms with E-state index in [-0.39, 0.29) is 0 Å². The smallest absolute Gasteiger partial charge is 0.101 e. The summed E-state index contributed by atoms with van der Waals surface area (Å²) in [6.07, 6.45) is 1.69. The molecule has 0 aliphatic heterocycles. The third-order valence-electron chi connectivity index (χ3n) is 1.59. The monoisotopic (exact) mass is 181 g/mol. The first-order valence-corrected chi connectivity index (χ1v) is 4.66. The highest BCUT2D eigenvalue weighted by Crippen LogP contribution is 2.19. The molecule has 0 bridgehead atoms. The van der Waals surface area contributed by atoms with Crippen LogP contribution in [0.5, 0.6) is 0 Å². The van der Waals surface area contributed by atoms with Gasteiger partial charge in [0.2, 0.25) is 0 Å². The zero-order chi connectivity index (χ0) is 10.5. The minimum Gasteiger partial charge on any atom is -0.384 e. The highest BCUT2D eigenvalue weighted by Gasteiger charge is 2.18. The summed E-state index contributed by atoms with van der Waals surface area (Å²) in [6.45, 7) is 9.42. The van der Waals surface area contributed by atoms with Crippen molar-refractivity contribution in [3.8, 4) is 0 Å². The standard InChI is InChI=1S/C9H13NO.C2H6/c1-7-5-4-6-10-8(7)9(2,3)11;1-2/h4-6,11H,1-3H3;1-2H3. The van der Waals surface area contributed by atoms with Crippen molar-refractivity contribution in [3.05, 3.63) is 29.6 Å². The summed E-state index contributed by atoms with van der Waals surface area (Å²) >= 11 is 0. The molecule has 0 saturated heterocycles. The fourth-order valence-corrected chi connectivity index (χ4v) is 1.13. The summed E-state index contributed by atoms with van der Waals surface area (Å²) in [6, 6.07) is 3.81. The van der Waals surface area contributed by atoms with Crippen LogP contribution in [0.1, 0.15) is 39.0 Å². The van der Waals surface area contributed by atoms with E-state index in [4.69, 9.17) is 0 Å². The Morgan fingerprint density at radius 2 is 1.85 bits per heavy atom. The number of aryl methyl sites for hydroxylation is 1. The Bertz CT molecular complexity index is 251. The van der Waals surface area contributed by atoms with Crippen molar-refractivity contribution in [1.29, 1.82) is 0 Å². The van der Waals surface area contributed by atoms with E-state index in [0.29, 0.717) is 0 Å². The van der Waals surface area contributed by atoms with Gasteiger partial charge in [-0.15, -0.1) is 0 Å². The van der Waals surface area contributed by atoms with Gasteiger partial charge in [-0.1, -0.05) is 19.9 Å². The summed E-state index contributed by atoms with van der Waals surface area (Å²) in [5, 5.41) is 9.61. The first-order chi connectivity index (χ1) is 6.02. The fraction of sp³-hybridized carbons (Fsp3) is 0.545. The molecule has 0 saturated carbocycles. The van der Waals surface area contributed by atoms with Crippen LogP contribution in [-0.2, 0) is 5.60 Å². The average Bonchev–Trinajstić information content (AvgIpc) is 2.07. The topological polar surface area (TPSA) is 33.1 Å². The maximum atomic E-state index is 9.61. The van der Waals surface area contributed by atoms with Crippen molar-refractivity contribution in [1.82, 2.24) is 4.98 Å². The number of rotatable bonds is 1. The highest BCUT2D eigenvalue weighted by atomic mass is 16.3. The Kier molecular flexibility index (Phi) is 4.63. The van der Waals surface area contributed by atoms with E-state index in [2.05, 4.69) is 4.98 Å². The zero-order valence-electron chi connectivity index (χ0n) is 9.13. The van der Waals surface area contributed by atoms with E-state index in [1.807, 2.05) is 32.9 Å². The molecule has 1 aromatic rings. The average molecular weight is 181 g/mol. The van der Waals surface area contributed by atoms with E-state index >= 15 is 0 Å². The van der Waals surface area contributed by atoms with Gasteiger partial charge in [-0.05, 0) is 32.4 Å². The van der Waals surface area contributed by atoms with Crippen LogP contribution in [0.4, 0.5) is 0 Å². The molecule has 74 valence electrons. The van der Waals surface area contributed by atoms with E-state index in [0.717, 1.165) is 11.3 Å². The number of nitrogens with zero attached hydrogens (tertiary/aromatic N) is 1. The molecule has 0 radical (unpaired) electrons. The maximum Gasteiger partial charge on any atom is 0.101 e. The van der Waals surface area contributed by atoms with E-state index < -0.39 is 5.60 Å². The van der Waals surface area contributed by atoms with Crippen molar-refractivity contribution < 1.29 is 5.11 Å². The largest absolute Gasteiger partial charge is 0.384 e. The SMILES string of the molecule is CC.Cc1cccnc1C(C)(C)O. The number of aromatic nitrogens is 1. The fourth-order valence-electron chi connectivity index (χ4n) is 1.13. The second-order valence-corrected chi connectivity index (χ2v) is 3.23. The normalized spacial score (nSPS) is 10.3. The Hall–Kier alpha value is -0.890. The van der Waals surface area contributed by atoms with Gasteiger partial charge in [0.05, 0.1) is 5.69 Å². The molecule has 0 aliphatic carbocycles. The van der Waals surface area contributed by atoms with Crippen LogP contribution in [0.15, 0.2) is 18.3 Å². The quantitative estimate of drug-likeness (QED) is 0.722. The van der Waals surface area contributed by atoms with Gasteiger partial charge in [0.1, 0.15) is 5.60 Å². The third-order valence-corrected chi connectivity index (χ3v) is 1.59. The molecule has 2 nitrogen and oxygen atoms in total. The van der Waals surface area contributed by atoms with Gasteiger partial charge >= 0.3 is 0 Å². The molecule has 0 amide bonds. The first-order valence-electron chi connectivity index (χ1n) is 4.66. The van der Waals surface area contributed by atoms with Crippen LogP contribution in [0.25, 0.3) is 0 Å². The Balaban J connectivity index is 0.000000671. The van der Waals surface area contributed by atoms with E-state index in [1.165, 1.54) is 0 Å². The van der Waals surface area contributed by atoms with Crippen LogP contribution in [0.3, 0.4) is 0 Å². The zero-order valence-corrected chi connectivity index (χ0v) is 9.13. The molecule has 0 aromatic carbocycles. The Morgan fingerprint density at radius 3 is 2.15 bits per heavy atom. The molecular formula is C11H19NO. The molecule has 1 N–H and O–H groups in total. The molecule has 0 fully saturated rings. The van der Waals surface area contributed by atoms with Gasteiger partial charge in [0, 0.05) is 6.20 Å². The maximum absolute atomic E-state index is 9.61. The highest BCUT2D eigenvalue weighted by molar-refractivity contribution is 5.22. The van der Waals surface area contributed by atoms with E-state index in [9.17, 15) is 5.11 Å². The predicted molar refractivity (Wildman–Crippen MR) is 55.6 cm³/mol. The van der Waals surface area contributed by atoms with Crippen molar-refractivity contribution in [3.63, 3.8) is 0 Å². The summed E-state index contributed by atoms with van der Waals surface area (Å²) in [4.78, 5) is 4.10. The van der Waals surface area contributed by atoms with Crippen molar-refractivity contribution >= 4 is 0 Å². The molecule has 0 spiro atoms. The molecule has 0 aliphatic rings. The van der Waals surface area contributed by atoms with E-state index in [1.54, 1.807) is 20.0 Å². The van der Waals surface area contributed by atoms with Crippen LogP contribution in [0.2, 0.25) is 0 Å². The number of pyridine rings is 1. The number of aliphatic hydroxyl groups is 1. The number of hydrogen-bond donors (Lipinski definition) is 1. The predicted octanol–water partition coefficient (Wildman–Crippen LogP) is 2.64. The lowest BCUT2D eigenvalue weighted by molar-refractivity contribution is 0.0731. The minimum atomic E-state index is -0.828. The lowest BCUT2D eigenvalue weighted by Gasteiger charge is -2.18. The van der Waals surface area contributed by atoms with Gasteiger partial charge in [-0.2, -0.15) is 0 Å². The van der Waals surface area contributed by atoms with Crippen LogP contribution < -0.4 is 0 Å². The lowest BCUT2D eigenvalue weighted by Crippen LogP contribution is -2.18. The van der Waals surface area contributed by atoms with Gasteiger partial charge in [-0.3, -0.25) is 4.98 Å². The summed E-state index contributed by atoms with van der Waals surface area (Å²) in [5.41, 5.74) is 0.950. The summed E-state index contributed by atoms with van der Waals surface area (Å²) in [7, 11) is 0. The summed E-state index contributed by atoms with van der Waals surface area (Å²) < 4.78 is 0. The molecule has 1 rings (SSSR count). The minimum absolute atomic E-state index is 0.750. The Morgan fingerprint density at radius 1 is 1.31 bits per heavy atom. The van der Waals surface area contributed by atoms with Crippen molar-refractivity contribution in [2.24, 2.45) is 0 Å². The summed E-state index contributed by atoms with van der Waals surface area (Å²) in [5.74, 6) is 0. The molecule has 0 unspecified atom stereocenters. The van der Waals surface area contributed by atoms with Crippen LogP contribution in [-0.4, -0.2) is 10.1 Å². The van der Waals surface area contributed by atoms with Crippen molar-refractivity contribution in [2.75, 3.05) is 0 Å². The molecule has 0 atom stereocenters. The van der Waals surface area contributed by atoms with Gasteiger partial charge < -0.3 is 5.11 Å².